The van der Waals surface area contributed by atoms with Crippen molar-refractivity contribution in [2.24, 2.45) is 5.41 Å². The van der Waals surface area contributed by atoms with E-state index in [0.29, 0.717) is 30.6 Å². The van der Waals surface area contributed by atoms with Gasteiger partial charge in [0.2, 0.25) is 10.0 Å². The first-order valence-electron chi connectivity index (χ1n) is 11.1. The lowest BCUT2D eigenvalue weighted by Crippen LogP contribution is -2.62. The Labute approximate surface area is 187 Å². The zero-order valence-electron chi connectivity index (χ0n) is 19.1. The molecule has 168 valence electrons. The molecule has 0 aliphatic carbocycles. The molecule has 2 heterocycles. The van der Waals surface area contributed by atoms with Crippen LogP contribution in [0.4, 0.5) is 0 Å². The molecule has 1 unspecified atom stereocenters. The van der Waals surface area contributed by atoms with Crippen molar-refractivity contribution in [1.82, 2.24) is 9.21 Å². The van der Waals surface area contributed by atoms with E-state index in [0.717, 1.165) is 42.6 Å². The maximum atomic E-state index is 13.5. The Morgan fingerprint density at radius 2 is 1.65 bits per heavy atom. The van der Waals surface area contributed by atoms with Crippen LogP contribution in [0.15, 0.2) is 47.4 Å². The molecular formula is C25H34N2O3S. The first-order chi connectivity index (χ1) is 14.8. The summed E-state index contributed by atoms with van der Waals surface area (Å²) in [4.78, 5) is 2.97. The molecule has 2 fully saturated rings. The fourth-order valence-electron chi connectivity index (χ4n) is 5.78. The van der Waals surface area contributed by atoms with Crippen LogP contribution in [-0.2, 0) is 14.8 Å². The van der Waals surface area contributed by atoms with Gasteiger partial charge in [0.05, 0.1) is 11.5 Å². The van der Waals surface area contributed by atoms with E-state index in [4.69, 9.17) is 4.74 Å². The largest absolute Gasteiger partial charge is 0.383 e. The van der Waals surface area contributed by atoms with Crippen molar-refractivity contribution in [3.63, 3.8) is 0 Å². The normalized spacial score (nSPS) is 21.9. The molecule has 0 aromatic heterocycles. The molecule has 1 spiro atoms. The summed E-state index contributed by atoms with van der Waals surface area (Å²) >= 11 is 0. The average Bonchev–Trinajstić information content (AvgIpc) is 2.71. The highest BCUT2D eigenvalue weighted by atomic mass is 32.2. The molecule has 5 nitrogen and oxygen atoms in total. The van der Waals surface area contributed by atoms with Crippen molar-refractivity contribution in [2.75, 3.05) is 39.9 Å². The van der Waals surface area contributed by atoms with Gasteiger partial charge in [0.1, 0.15) is 0 Å². The monoisotopic (exact) mass is 442 g/mol. The number of ether oxygens (including phenoxy) is 1. The average molecular weight is 443 g/mol. The predicted molar refractivity (Wildman–Crippen MR) is 124 cm³/mol. The quantitative estimate of drug-likeness (QED) is 0.676. The molecule has 1 atom stereocenters. The van der Waals surface area contributed by atoms with Gasteiger partial charge in [0.15, 0.2) is 0 Å². The molecule has 4 rings (SSSR count). The molecule has 2 aliphatic rings. The molecule has 0 radical (unpaired) electrons. The van der Waals surface area contributed by atoms with Gasteiger partial charge in [0, 0.05) is 44.7 Å². The second kappa shape index (κ2) is 8.66. The summed E-state index contributed by atoms with van der Waals surface area (Å²) in [6, 6.07) is 14.9. The smallest absolute Gasteiger partial charge is 0.243 e. The standard InChI is InChI=1S/C25H34N2O3S/c1-19-16-20(2)23(21(3)17-19)31(28,29)27-12-10-25(11-13-27)18-26(14-15-30-4)24(25)22-8-6-5-7-9-22/h5-9,16-17,24H,10-15,18H2,1-4H3. The van der Waals surface area contributed by atoms with E-state index < -0.39 is 10.0 Å². The van der Waals surface area contributed by atoms with E-state index in [-0.39, 0.29) is 5.41 Å². The summed E-state index contributed by atoms with van der Waals surface area (Å²) in [5.41, 5.74) is 4.25. The van der Waals surface area contributed by atoms with Crippen LogP contribution in [0.5, 0.6) is 0 Å². The van der Waals surface area contributed by atoms with Crippen molar-refractivity contribution in [3.05, 3.63) is 64.7 Å². The van der Waals surface area contributed by atoms with Gasteiger partial charge in [-0.15, -0.1) is 0 Å². The third kappa shape index (κ3) is 4.07. The number of benzene rings is 2. The van der Waals surface area contributed by atoms with Crippen molar-refractivity contribution < 1.29 is 13.2 Å². The number of hydrogen-bond acceptors (Lipinski definition) is 4. The molecule has 0 saturated carbocycles. The fourth-order valence-corrected chi connectivity index (χ4v) is 7.63. The van der Waals surface area contributed by atoms with E-state index >= 15 is 0 Å². The Kier molecular flexibility index (Phi) is 6.28. The Balaban J connectivity index is 1.55. The molecule has 0 amide bonds. The molecule has 2 aliphatic heterocycles. The summed E-state index contributed by atoms with van der Waals surface area (Å²) in [7, 11) is -1.74. The van der Waals surface area contributed by atoms with E-state index in [9.17, 15) is 8.42 Å². The summed E-state index contributed by atoms with van der Waals surface area (Å²) in [5, 5.41) is 0. The Hall–Kier alpha value is -1.73. The SMILES string of the molecule is COCCN1CC2(CCN(S(=O)(=O)c3c(C)cc(C)cc3C)CC2)C1c1ccccc1. The number of likely N-dealkylation sites (tertiary alicyclic amines) is 1. The third-order valence-electron chi connectivity index (χ3n) is 7.08. The second-order valence-corrected chi connectivity index (χ2v) is 11.1. The van der Waals surface area contributed by atoms with Crippen LogP contribution in [0.3, 0.4) is 0 Å². The molecule has 0 bridgehead atoms. The predicted octanol–water partition coefficient (Wildman–Crippen LogP) is 4.09. The summed E-state index contributed by atoms with van der Waals surface area (Å²) < 4.78 is 34.1. The van der Waals surface area contributed by atoms with E-state index in [2.05, 4.69) is 35.2 Å². The van der Waals surface area contributed by atoms with Crippen molar-refractivity contribution in [3.8, 4) is 0 Å². The van der Waals surface area contributed by atoms with Gasteiger partial charge in [-0.25, -0.2) is 8.42 Å². The topological polar surface area (TPSA) is 49.9 Å². The van der Waals surface area contributed by atoms with Crippen LogP contribution in [0.25, 0.3) is 0 Å². The van der Waals surface area contributed by atoms with Gasteiger partial charge in [-0.3, -0.25) is 4.90 Å². The Morgan fingerprint density at radius 1 is 1.03 bits per heavy atom. The number of hydrogen-bond donors (Lipinski definition) is 0. The Bertz CT molecular complexity index is 1000. The van der Waals surface area contributed by atoms with Crippen molar-refractivity contribution >= 4 is 10.0 Å². The maximum absolute atomic E-state index is 13.5. The maximum Gasteiger partial charge on any atom is 0.243 e. The number of nitrogens with zero attached hydrogens (tertiary/aromatic N) is 2. The van der Waals surface area contributed by atoms with Gasteiger partial charge in [-0.05, 0) is 50.3 Å². The van der Waals surface area contributed by atoms with Crippen LogP contribution in [0.1, 0.15) is 41.1 Å². The minimum atomic E-state index is -3.48. The van der Waals surface area contributed by atoms with Crippen LogP contribution >= 0.6 is 0 Å². The molecular weight excluding hydrogens is 408 g/mol. The second-order valence-electron chi connectivity index (χ2n) is 9.27. The summed E-state index contributed by atoms with van der Waals surface area (Å²) in [5.74, 6) is 0. The summed E-state index contributed by atoms with van der Waals surface area (Å²) in [6.07, 6.45) is 1.78. The van der Waals surface area contributed by atoms with Crippen molar-refractivity contribution in [2.45, 2.75) is 44.6 Å². The van der Waals surface area contributed by atoms with Crippen LogP contribution in [-0.4, -0.2) is 57.5 Å². The highest BCUT2D eigenvalue weighted by Gasteiger charge is 2.54. The van der Waals surface area contributed by atoms with E-state index in [1.54, 1.807) is 11.4 Å². The van der Waals surface area contributed by atoms with Gasteiger partial charge < -0.3 is 4.74 Å². The van der Waals surface area contributed by atoms with Gasteiger partial charge in [-0.2, -0.15) is 4.31 Å². The highest BCUT2D eigenvalue weighted by Crippen LogP contribution is 2.55. The fraction of sp³-hybridized carbons (Fsp3) is 0.520. The number of sulfonamides is 1. The minimum Gasteiger partial charge on any atom is -0.383 e. The lowest BCUT2D eigenvalue weighted by Gasteiger charge is -2.60. The lowest BCUT2D eigenvalue weighted by molar-refractivity contribution is -0.110. The zero-order chi connectivity index (χ0) is 22.2. The van der Waals surface area contributed by atoms with Gasteiger partial charge >= 0.3 is 0 Å². The number of methoxy groups -OCH3 is 1. The Morgan fingerprint density at radius 3 is 2.23 bits per heavy atom. The van der Waals surface area contributed by atoms with Gasteiger partial charge in [0.25, 0.3) is 0 Å². The number of piperidine rings is 1. The van der Waals surface area contributed by atoms with E-state index in [1.165, 1.54) is 5.56 Å². The zero-order valence-corrected chi connectivity index (χ0v) is 19.9. The number of rotatable bonds is 6. The number of aryl methyl sites for hydroxylation is 3. The summed E-state index contributed by atoms with van der Waals surface area (Å²) in [6.45, 7) is 9.61. The van der Waals surface area contributed by atoms with Crippen LogP contribution in [0.2, 0.25) is 0 Å². The molecule has 2 aromatic carbocycles. The molecule has 31 heavy (non-hydrogen) atoms. The van der Waals surface area contributed by atoms with Crippen LogP contribution < -0.4 is 0 Å². The van der Waals surface area contributed by atoms with E-state index in [1.807, 2.05) is 32.9 Å². The van der Waals surface area contributed by atoms with Gasteiger partial charge in [-0.1, -0.05) is 48.0 Å². The molecule has 2 aromatic rings. The third-order valence-corrected chi connectivity index (χ3v) is 9.29. The molecule has 6 heteroatoms. The highest BCUT2D eigenvalue weighted by molar-refractivity contribution is 7.89. The minimum absolute atomic E-state index is 0.137. The first-order valence-corrected chi connectivity index (χ1v) is 12.6. The van der Waals surface area contributed by atoms with Crippen molar-refractivity contribution in [1.29, 1.82) is 0 Å². The van der Waals surface area contributed by atoms with Crippen LogP contribution in [0, 0.1) is 26.2 Å². The molecule has 2 saturated heterocycles. The molecule has 0 N–H and O–H groups in total. The lowest BCUT2D eigenvalue weighted by atomic mass is 9.63. The first kappa shape index (κ1) is 22.5.